The molecule has 1 unspecified atom stereocenters. The molecule has 0 spiro atoms. The fourth-order valence-corrected chi connectivity index (χ4v) is 6.81. The predicted octanol–water partition coefficient (Wildman–Crippen LogP) is 6.18. The molecule has 0 N–H and O–H groups in total. The average molecular weight is 511 g/mol. The van der Waals surface area contributed by atoms with Crippen LogP contribution >= 0.6 is 0 Å². The average Bonchev–Trinajstić information content (AvgIpc) is 2.83. The first kappa shape index (κ1) is 33.9. The summed E-state index contributed by atoms with van der Waals surface area (Å²) in [5, 5.41) is 0. The molecule has 9 heteroatoms. The molecule has 0 aromatic rings. The van der Waals surface area contributed by atoms with Crippen molar-refractivity contribution in [1.82, 2.24) is 0 Å². The lowest BCUT2D eigenvalue weighted by molar-refractivity contribution is -0.482. The molecule has 0 aromatic carbocycles. The minimum absolute atomic E-state index is 0.414. The highest BCUT2D eigenvalue weighted by atomic mass is 28.4. The highest BCUT2D eigenvalue weighted by Crippen LogP contribution is 2.43. The van der Waals surface area contributed by atoms with E-state index in [4.69, 9.17) is 37.3 Å². The summed E-state index contributed by atoms with van der Waals surface area (Å²) in [5.74, 6) is -1.49. The van der Waals surface area contributed by atoms with E-state index in [-0.39, 0.29) is 0 Å². The molecule has 0 amide bonds. The largest absolute Gasteiger partial charge is 0.570 e. The van der Waals surface area contributed by atoms with Gasteiger partial charge in [0.25, 0.3) is 11.2 Å². The Morgan fingerprint density at radius 2 is 0.912 bits per heavy atom. The van der Waals surface area contributed by atoms with Crippen LogP contribution in [0.2, 0.25) is 0 Å². The van der Waals surface area contributed by atoms with Gasteiger partial charge in [-0.15, -0.1) is 0 Å². The summed E-state index contributed by atoms with van der Waals surface area (Å²) in [6, 6.07) is 0. The van der Waals surface area contributed by atoms with Crippen molar-refractivity contribution in [3.8, 4) is 0 Å². The van der Waals surface area contributed by atoms with Crippen molar-refractivity contribution in [2.45, 2.75) is 117 Å². The van der Waals surface area contributed by atoms with E-state index in [0.717, 1.165) is 57.8 Å². The molecule has 0 saturated heterocycles. The topological polar surface area (TPSA) is 73.8 Å². The first-order valence-corrected chi connectivity index (χ1v) is 15.2. The van der Waals surface area contributed by atoms with Crippen LogP contribution in [-0.2, 0) is 37.3 Å². The van der Waals surface area contributed by atoms with E-state index < -0.39 is 20.0 Å². The number of rotatable bonds is 25. The second-order valence-electron chi connectivity index (χ2n) is 8.52. The smallest absolute Gasteiger partial charge is 0.370 e. The van der Waals surface area contributed by atoms with Crippen LogP contribution in [0.4, 0.5) is 0 Å². The molecule has 1 atom stereocenters. The van der Waals surface area contributed by atoms with Crippen LogP contribution in [0.3, 0.4) is 0 Å². The third-order valence-corrected chi connectivity index (χ3v) is 8.52. The van der Waals surface area contributed by atoms with Crippen LogP contribution in [0.15, 0.2) is 0 Å². The Kier molecular flexibility index (Phi) is 20.0. The Balaban J connectivity index is 6.91. The highest BCUT2D eigenvalue weighted by molar-refractivity contribution is 6.64. The molecule has 34 heavy (non-hydrogen) atoms. The van der Waals surface area contributed by atoms with Crippen LogP contribution in [0, 0.1) is 0 Å². The predicted molar refractivity (Wildman–Crippen MR) is 136 cm³/mol. The van der Waals surface area contributed by atoms with Gasteiger partial charge < -0.3 is 27.5 Å². The van der Waals surface area contributed by atoms with Crippen LogP contribution in [-0.4, -0.2) is 66.8 Å². The normalized spacial score (nSPS) is 14.5. The first-order chi connectivity index (χ1) is 16.4. The lowest BCUT2D eigenvalue weighted by Crippen LogP contribution is -2.78. The van der Waals surface area contributed by atoms with Gasteiger partial charge in [-0.1, -0.05) is 60.8 Å². The third-order valence-electron chi connectivity index (χ3n) is 5.21. The van der Waals surface area contributed by atoms with E-state index in [0.29, 0.717) is 39.6 Å². The van der Waals surface area contributed by atoms with E-state index in [9.17, 15) is 0 Å². The van der Waals surface area contributed by atoms with Gasteiger partial charge >= 0.3 is 8.80 Å². The van der Waals surface area contributed by atoms with Crippen LogP contribution < -0.4 is 0 Å². The van der Waals surface area contributed by atoms with Crippen molar-refractivity contribution in [2.75, 3.05) is 46.8 Å². The SMILES string of the molecule is CCCCOC(C)(OOC)C(OCCCC)(OCCCC)[Si](OCCC)(OCCC)OCCC. The van der Waals surface area contributed by atoms with Gasteiger partial charge in [0.15, 0.2) is 0 Å². The van der Waals surface area contributed by atoms with Crippen LogP contribution in [0.5, 0.6) is 0 Å². The molecule has 206 valence electrons. The van der Waals surface area contributed by atoms with E-state index in [1.165, 1.54) is 7.11 Å². The second kappa shape index (κ2) is 20.0. The summed E-state index contributed by atoms with van der Waals surface area (Å²) in [6.45, 7) is 16.9. The molecule has 0 rings (SSSR count). The maximum absolute atomic E-state index is 6.66. The number of unbranched alkanes of at least 4 members (excludes halogenated alkanes) is 3. The van der Waals surface area contributed by atoms with Gasteiger partial charge in [0.2, 0.25) is 0 Å². The Morgan fingerprint density at radius 3 is 1.24 bits per heavy atom. The van der Waals surface area contributed by atoms with E-state index in [2.05, 4.69) is 41.5 Å². The van der Waals surface area contributed by atoms with E-state index >= 15 is 0 Å². The van der Waals surface area contributed by atoms with Crippen LogP contribution in [0.1, 0.15) is 106 Å². The molecule has 0 heterocycles. The standard InChI is InChI=1S/C25H54O8Si/c1-9-15-21-27-24(7,33-26-8)25(28-22-16-10-2,29-23-17-11-3)34(30-18-12-4,31-19-13-5)32-20-14-6/h9-23H2,1-8H3. The quantitative estimate of drug-likeness (QED) is 0.0473. The fraction of sp³-hybridized carbons (Fsp3) is 1.00. The summed E-state index contributed by atoms with van der Waals surface area (Å²) in [7, 11) is -2.29. The van der Waals surface area contributed by atoms with Crippen molar-refractivity contribution < 1.29 is 37.3 Å². The van der Waals surface area contributed by atoms with E-state index in [1.807, 2.05) is 0 Å². The monoisotopic (exact) mass is 510 g/mol. The molecule has 0 saturated carbocycles. The first-order valence-electron chi connectivity index (χ1n) is 13.5. The summed E-state index contributed by atoms with van der Waals surface area (Å²) in [5.41, 5.74) is -1.58. The molecule has 0 fully saturated rings. The van der Waals surface area contributed by atoms with Crippen molar-refractivity contribution in [1.29, 1.82) is 0 Å². The molecule has 0 aliphatic rings. The molecule has 8 nitrogen and oxygen atoms in total. The van der Waals surface area contributed by atoms with Crippen molar-refractivity contribution in [2.24, 2.45) is 0 Å². The second-order valence-corrected chi connectivity index (χ2v) is 11.2. The maximum atomic E-state index is 6.66. The van der Waals surface area contributed by atoms with Crippen LogP contribution in [0.25, 0.3) is 0 Å². The Hall–Kier alpha value is -0.103. The Morgan fingerprint density at radius 1 is 0.529 bits per heavy atom. The van der Waals surface area contributed by atoms with Gasteiger partial charge in [-0.05, 0) is 45.4 Å². The van der Waals surface area contributed by atoms with Crippen molar-refractivity contribution in [3.05, 3.63) is 0 Å². The lowest BCUT2D eigenvalue weighted by atomic mass is 10.2. The van der Waals surface area contributed by atoms with Gasteiger partial charge in [-0.25, -0.2) is 4.89 Å². The van der Waals surface area contributed by atoms with Gasteiger partial charge in [-0.2, -0.15) is 4.89 Å². The zero-order valence-corrected chi connectivity index (χ0v) is 24.4. The Bertz CT molecular complexity index is 436. The molecule has 0 aromatic heterocycles. The molecular formula is C25H54O8Si. The minimum atomic E-state index is -3.75. The lowest BCUT2D eigenvalue weighted by Gasteiger charge is -2.51. The summed E-state index contributed by atoms with van der Waals surface area (Å²) in [6.07, 6.45) is 7.76. The number of ether oxygens (including phenoxy) is 3. The number of hydrogen-bond donors (Lipinski definition) is 0. The third kappa shape index (κ3) is 10.1. The molecule has 0 radical (unpaired) electrons. The summed E-state index contributed by atoms with van der Waals surface area (Å²) < 4.78 is 39.3. The number of hydrogen-bond acceptors (Lipinski definition) is 8. The Labute approximate surface area is 210 Å². The molecule has 0 aliphatic carbocycles. The van der Waals surface area contributed by atoms with Gasteiger partial charge in [0, 0.05) is 19.8 Å². The highest BCUT2D eigenvalue weighted by Gasteiger charge is 2.75. The zero-order chi connectivity index (χ0) is 25.8. The van der Waals surface area contributed by atoms with E-state index in [1.54, 1.807) is 6.92 Å². The summed E-state index contributed by atoms with van der Waals surface area (Å²) >= 11 is 0. The van der Waals surface area contributed by atoms with Crippen molar-refractivity contribution >= 4 is 8.80 Å². The van der Waals surface area contributed by atoms with Gasteiger partial charge in [0.1, 0.15) is 0 Å². The fourth-order valence-electron chi connectivity index (χ4n) is 3.34. The zero-order valence-electron chi connectivity index (χ0n) is 23.4. The van der Waals surface area contributed by atoms with Gasteiger partial charge in [0.05, 0.1) is 26.9 Å². The maximum Gasteiger partial charge on any atom is 0.570 e. The minimum Gasteiger partial charge on any atom is -0.370 e. The molecule has 0 aliphatic heterocycles. The molecule has 0 bridgehead atoms. The molecular weight excluding hydrogens is 456 g/mol. The van der Waals surface area contributed by atoms with Crippen molar-refractivity contribution in [3.63, 3.8) is 0 Å². The van der Waals surface area contributed by atoms with Gasteiger partial charge in [-0.3, -0.25) is 0 Å². The summed E-state index contributed by atoms with van der Waals surface area (Å²) in [4.78, 5) is 11.1.